The van der Waals surface area contributed by atoms with Crippen molar-refractivity contribution < 1.29 is 19.1 Å². The molecule has 2 aromatic carbocycles. The highest BCUT2D eigenvalue weighted by Crippen LogP contribution is 2.36. The number of anilines is 1. The first-order chi connectivity index (χ1) is 13.5. The lowest BCUT2D eigenvalue weighted by Crippen LogP contribution is -2.24. The summed E-state index contributed by atoms with van der Waals surface area (Å²) < 4.78 is 11.6. The molecule has 2 amide bonds. The molecule has 7 heteroatoms. The van der Waals surface area contributed by atoms with E-state index in [0.29, 0.717) is 41.1 Å². The van der Waals surface area contributed by atoms with Crippen LogP contribution >= 0.6 is 15.9 Å². The Kier molecular flexibility index (Phi) is 6.57. The minimum atomic E-state index is -0.208. The minimum absolute atomic E-state index is 0.163. The van der Waals surface area contributed by atoms with Crippen molar-refractivity contribution in [2.24, 2.45) is 0 Å². The average molecular weight is 447 g/mol. The van der Waals surface area contributed by atoms with Crippen molar-refractivity contribution in [3.8, 4) is 11.5 Å². The Bertz CT molecular complexity index is 867. The van der Waals surface area contributed by atoms with E-state index in [9.17, 15) is 9.59 Å². The lowest BCUT2D eigenvalue weighted by atomic mass is 10.1. The van der Waals surface area contributed by atoms with Crippen LogP contribution in [0.25, 0.3) is 0 Å². The van der Waals surface area contributed by atoms with Gasteiger partial charge in [-0.3, -0.25) is 9.59 Å². The van der Waals surface area contributed by atoms with E-state index < -0.39 is 0 Å². The van der Waals surface area contributed by atoms with Crippen molar-refractivity contribution in [3.63, 3.8) is 0 Å². The molecule has 0 saturated carbocycles. The molecule has 148 valence electrons. The number of nitrogens with zero attached hydrogens (tertiary/aromatic N) is 1. The van der Waals surface area contributed by atoms with Crippen LogP contribution in [0.2, 0.25) is 0 Å². The number of carbonyl (C=O) groups excluding carboxylic acids is 2. The normalized spacial score (nSPS) is 13.5. The molecule has 6 nitrogen and oxygen atoms in total. The van der Waals surface area contributed by atoms with E-state index in [1.165, 1.54) is 0 Å². The van der Waals surface area contributed by atoms with Crippen molar-refractivity contribution in [2.75, 3.05) is 25.2 Å². The van der Waals surface area contributed by atoms with Gasteiger partial charge in [-0.2, -0.15) is 0 Å². The van der Waals surface area contributed by atoms with Crippen LogP contribution in [0, 0.1) is 0 Å². The van der Waals surface area contributed by atoms with Gasteiger partial charge in [0.25, 0.3) is 5.91 Å². The zero-order valence-electron chi connectivity index (χ0n) is 16.0. The second-order valence-electron chi connectivity index (χ2n) is 6.42. The SMILES string of the molecule is CCOc1c(Br)cc(C(=O)NCc2ccc(N3CCCC3=O)cc2)cc1OC. The number of amides is 2. The summed E-state index contributed by atoms with van der Waals surface area (Å²) >= 11 is 3.43. The number of methoxy groups -OCH3 is 1. The van der Waals surface area contributed by atoms with E-state index >= 15 is 0 Å². The van der Waals surface area contributed by atoms with Crippen LogP contribution in [0.5, 0.6) is 11.5 Å². The van der Waals surface area contributed by atoms with Gasteiger partial charge in [-0.25, -0.2) is 0 Å². The van der Waals surface area contributed by atoms with Gasteiger partial charge in [0.05, 0.1) is 18.2 Å². The molecule has 0 radical (unpaired) electrons. The lowest BCUT2D eigenvalue weighted by Gasteiger charge is -2.16. The zero-order chi connectivity index (χ0) is 20.1. The molecular weight excluding hydrogens is 424 g/mol. The van der Waals surface area contributed by atoms with Gasteiger partial charge in [0, 0.05) is 30.8 Å². The fraction of sp³-hybridized carbons (Fsp3) is 0.333. The van der Waals surface area contributed by atoms with Crippen LogP contribution in [-0.4, -0.2) is 32.1 Å². The van der Waals surface area contributed by atoms with Gasteiger partial charge in [0.2, 0.25) is 5.91 Å². The van der Waals surface area contributed by atoms with Crippen molar-refractivity contribution in [2.45, 2.75) is 26.3 Å². The van der Waals surface area contributed by atoms with E-state index in [-0.39, 0.29) is 11.8 Å². The molecule has 3 rings (SSSR count). The lowest BCUT2D eigenvalue weighted by molar-refractivity contribution is -0.117. The van der Waals surface area contributed by atoms with E-state index in [0.717, 1.165) is 24.2 Å². The first-order valence-electron chi connectivity index (χ1n) is 9.21. The van der Waals surface area contributed by atoms with Crippen LogP contribution in [0.3, 0.4) is 0 Å². The molecule has 2 aromatic rings. The molecule has 28 heavy (non-hydrogen) atoms. The largest absolute Gasteiger partial charge is 0.493 e. The van der Waals surface area contributed by atoms with Crippen molar-refractivity contribution in [1.29, 1.82) is 0 Å². The zero-order valence-corrected chi connectivity index (χ0v) is 17.5. The Labute approximate surface area is 172 Å². The number of benzene rings is 2. The highest BCUT2D eigenvalue weighted by Gasteiger charge is 2.21. The number of hydrogen-bond acceptors (Lipinski definition) is 4. The van der Waals surface area contributed by atoms with Crippen LogP contribution in [-0.2, 0) is 11.3 Å². The fourth-order valence-corrected chi connectivity index (χ4v) is 3.69. The van der Waals surface area contributed by atoms with Crippen LogP contribution in [0.4, 0.5) is 5.69 Å². The second-order valence-corrected chi connectivity index (χ2v) is 7.27. The Hall–Kier alpha value is -2.54. The average Bonchev–Trinajstić information content (AvgIpc) is 3.13. The van der Waals surface area contributed by atoms with Crippen LogP contribution < -0.4 is 19.7 Å². The molecule has 0 spiro atoms. The van der Waals surface area contributed by atoms with Gasteiger partial charge in [-0.15, -0.1) is 0 Å². The summed E-state index contributed by atoms with van der Waals surface area (Å²) in [5, 5.41) is 2.91. The molecule has 1 saturated heterocycles. The molecule has 1 heterocycles. The summed E-state index contributed by atoms with van der Waals surface area (Å²) in [6.07, 6.45) is 1.51. The van der Waals surface area contributed by atoms with Gasteiger partial charge < -0.3 is 19.7 Å². The summed E-state index contributed by atoms with van der Waals surface area (Å²) in [7, 11) is 1.54. The maximum absolute atomic E-state index is 12.5. The van der Waals surface area contributed by atoms with Crippen LogP contribution in [0.15, 0.2) is 40.9 Å². The monoisotopic (exact) mass is 446 g/mol. The van der Waals surface area contributed by atoms with Crippen molar-refractivity contribution in [3.05, 3.63) is 52.0 Å². The molecule has 0 aromatic heterocycles. The van der Waals surface area contributed by atoms with Crippen molar-refractivity contribution in [1.82, 2.24) is 5.32 Å². The standard InChI is InChI=1S/C21H23BrN2O4/c1-3-28-20-17(22)11-15(12-18(20)27-2)21(26)23-13-14-6-8-16(9-7-14)24-10-4-5-19(24)25/h6-9,11-12H,3-5,10,13H2,1-2H3,(H,23,26). The van der Waals surface area contributed by atoms with Gasteiger partial charge in [-0.05, 0) is 59.1 Å². The maximum Gasteiger partial charge on any atom is 0.251 e. The van der Waals surface area contributed by atoms with Crippen LogP contribution in [0.1, 0.15) is 35.7 Å². The van der Waals surface area contributed by atoms with Crippen molar-refractivity contribution >= 4 is 33.4 Å². The third-order valence-corrected chi connectivity index (χ3v) is 5.14. The molecule has 0 atom stereocenters. The number of ether oxygens (including phenoxy) is 2. The Morgan fingerprint density at radius 2 is 2.00 bits per heavy atom. The molecule has 1 aliphatic rings. The summed E-state index contributed by atoms with van der Waals surface area (Å²) in [6, 6.07) is 11.1. The number of rotatable bonds is 7. The third-order valence-electron chi connectivity index (χ3n) is 4.55. The molecule has 1 N–H and O–H groups in total. The topological polar surface area (TPSA) is 67.9 Å². The van der Waals surface area contributed by atoms with Gasteiger partial charge in [0.15, 0.2) is 11.5 Å². The Morgan fingerprint density at radius 3 is 2.61 bits per heavy atom. The number of hydrogen-bond donors (Lipinski definition) is 1. The van der Waals surface area contributed by atoms with Gasteiger partial charge >= 0.3 is 0 Å². The van der Waals surface area contributed by atoms with Gasteiger partial charge in [-0.1, -0.05) is 12.1 Å². The Balaban J connectivity index is 1.65. The van der Waals surface area contributed by atoms with E-state index in [2.05, 4.69) is 21.2 Å². The van der Waals surface area contributed by atoms with E-state index in [1.54, 1.807) is 24.1 Å². The smallest absolute Gasteiger partial charge is 0.251 e. The number of carbonyl (C=O) groups is 2. The first kappa shape index (κ1) is 20.2. The summed E-state index contributed by atoms with van der Waals surface area (Å²) in [6.45, 7) is 3.54. The molecule has 1 aliphatic heterocycles. The minimum Gasteiger partial charge on any atom is -0.493 e. The highest BCUT2D eigenvalue weighted by atomic mass is 79.9. The summed E-state index contributed by atoms with van der Waals surface area (Å²) in [4.78, 5) is 26.2. The third kappa shape index (κ3) is 4.47. The predicted octanol–water partition coefficient (Wildman–Crippen LogP) is 3.91. The highest BCUT2D eigenvalue weighted by molar-refractivity contribution is 9.10. The summed E-state index contributed by atoms with van der Waals surface area (Å²) in [5.41, 5.74) is 2.34. The number of nitrogens with one attached hydrogen (secondary N) is 1. The van der Waals surface area contributed by atoms with Gasteiger partial charge in [0.1, 0.15) is 0 Å². The first-order valence-corrected chi connectivity index (χ1v) is 10.0. The molecule has 0 aliphatic carbocycles. The number of halogens is 1. The molecular formula is C21H23BrN2O4. The molecule has 1 fully saturated rings. The Morgan fingerprint density at radius 1 is 1.25 bits per heavy atom. The molecule has 0 bridgehead atoms. The predicted molar refractivity (Wildman–Crippen MR) is 111 cm³/mol. The quantitative estimate of drug-likeness (QED) is 0.699. The van der Waals surface area contributed by atoms with E-state index in [4.69, 9.17) is 9.47 Å². The fourth-order valence-electron chi connectivity index (χ4n) is 3.13. The maximum atomic E-state index is 12.5. The summed E-state index contributed by atoms with van der Waals surface area (Å²) in [5.74, 6) is 1.03. The second kappa shape index (κ2) is 9.10. The van der Waals surface area contributed by atoms with E-state index in [1.807, 2.05) is 31.2 Å². The molecule has 0 unspecified atom stereocenters.